The quantitative estimate of drug-likeness (QED) is 0.769. The number of anilines is 1. The molecule has 2 nitrogen and oxygen atoms in total. The van der Waals surface area contributed by atoms with Crippen LogP contribution in [0.5, 0.6) is 0 Å². The third-order valence-corrected chi connectivity index (χ3v) is 3.56. The van der Waals surface area contributed by atoms with Crippen molar-refractivity contribution in [1.29, 1.82) is 0 Å². The zero-order chi connectivity index (χ0) is 13.7. The summed E-state index contributed by atoms with van der Waals surface area (Å²) in [5.74, 6) is 0.702. The molecule has 0 heterocycles. The van der Waals surface area contributed by atoms with Gasteiger partial charge < -0.3 is 11.1 Å². The second-order valence-corrected chi connectivity index (χ2v) is 5.72. The summed E-state index contributed by atoms with van der Waals surface area (Å²) < 4.78 is 0. The molecular formula is C14H21ClN2S. The molecule has 0 radical (unpaired) electrons. The molecule has 0 saturated heterocycles. The van der Waals surface area contributed by atoms with E-state index in [1.165, 1.54) is 6.42 Å². The highest BCUT2D eigenvalue weighted by Crippen LogP contribution is 2.23. The van der Waals surface area contributed by atoms with Gasteiger partial charge in [-0.15, -0.1) is 0 Å². The van der Waals surface area contributed by atoms with Gasteiger partial charge >= 0.3 is 0 Å². The van der Waals surface area contributed by atoms with Crippen LogP contribution in [0.1, 0.15) is 39.2 Å². The minimum absolute atomic E-state index is 0.371. The van der Waals surface area contributed by atoms with E-state index in [0.29, 0.717) is 22.0 Å². The van der Waals surface area contributed by atoms with E-state index in [1.54, 1.807) is 0 Å². The molecule has 0 amide bonds. The molecule has 0 aliphatic rings. The van der Waals surface area contributed by atoms with Gasteiger partial charge in [-0.2, -0.15) is 0 Å². The smallest absolute Gasteiger partial charge is 0.106 e. The van der Waals surface area contributed by atoms with E-state index in [4.69, 9.17) is 29.6 Å². The molecule has 2 atom stereocenters. The Labute approximate surface area is 120 Å². The Morgan fingerprint density at radius 2 is 2.11 bits per heavy atom. The van der Waals surface area contributed by atoms with Gasteiger partial charge in [0.25, 0.3) is 0 Å². The van der Waals surface area contributed by atoms with E-state index in [1.807, 2.05) is 18.2 Å². The van der Waals surface area contributed by atoms with Crippen molar-refractivity contribution in [2.45, 2.75) is 39.7 Å². The molecule has 0 fully saturated rings. The van der Waals surface area contributed by atoms with Crippen LogP contribution in [-0.2, 0) is 0 Å². The Morgan fingerprint density at radius 3 is 2.67 bits per heavy atom. The molecule has 0 saturated carbocycles. The van der Waals surface area contributed by atoms with Gasteiger partial charge in [-0.25, -0.2) is 0 Å². The molecule has 1 aromatic rings. The Hall–Kier alpha value is -0.800. The zero-order valence-corrected chi connectivity index (χ0v) is 12.7. The van der Waals surface area contributed by atoms with Gasteiger partial charge in [-0.1, -0.05) is 44.1 Å². The number of thiocarbonyl (C=S) groups is 1. The Balaban J connectivity index is 2.80. The van der Waals surface area contributed by atoms with Crippen molar-refractivity contribution in [2.24, 2.45) is 11.7 Å². The van der Waals surface area contributed by atoms with Crippen LogP contribution in [0, 0.1) is 5.92 Å². The number of rotatable bonds is 6. The van der Waals surface area contributed by atoms with E-state index in [-0.39, 0.29) is 0 Å². The normalized spacial score (nSPS) is 14.0. The third-order valence-electron chi connectivity index (χ3n) is 3.10. The van der Waals surface area contributed by atoms with Gasteiger partial charge in [0.05, 0.1) is 0 Å². The summed E-state index contributed by atoms with van der Waals surface area (Å²) in [7, 11) is 0. The lowest BCUT2D eigenvalue weighted by Crippen LogP contribution is -2.21. The second kappa shape index (κ2) is 6.95. The lowest BCUT2D eigenvalue weighted by Gasteiger charge is -2.20. The summed E-state index contributed by atoms with van der Waals surface area (Å²) in [4.78, 5) is 0.371. The molecule has 3 N–H and O–H groups in total. The van der Waals surface area contributed by atoms with Gasteiger partial charge in [-0.3, -0.25) is 0 Å². The van der Waals surface area contributed by atoms with E-state index in [9.17, 15) is 0 Å². The molecule has 1 aromatic carbocycles. The number of benzene rings is 1. The molecule has 4 heteroatoms. The van der Waals surface area contributed by atoms with Crippen molar-refractivity contribution in [3.05, 3.63) is 28.8 Å². The first-order valence-corrected chi connectivity index (χ1v) is 7.08. The summed E-state index contributed by atoms with van der Waals surface area (Å²) in [6.07, 6.45) is 2.31. The van der Waals surface area contributed by atoms with Crippen LogP contribution < -0.4 is 11.1 Å². The molecule has 100 valence electrons. The summed E-state index contributed by atoms with van der Waals surface area (Å²) in [6.45, 7) is 6.64. The number of nitrogens with one attached hydrogen (secondary N) is 1. The molecule has 0 aliphatic heterocycles. The van der Waals surface area contributed by atoms with Crippen LogP contribution in [-0.4, -0.2) is 11.0 Å². The van der Waals surface area contributed by atoms with Gasteiger partial charge in [0.1, 0.15) is 4.99 Å². The molecule has 18 heavy (non-hydrogen) atoms. The van der Waals surface area contributed by atoms with Crippen LogP contribution >= 0.6 is 23.8 Å². The number of hydrogen-bond donors (Lipinski definition) is 2. The summed E-state index contributed by atoms with van der Waals surface area (Å²) in [6, 6.07) is 5.97. The first-order chi connectivity index (χ1) is 8.43. The van der Waals surface area contributed by atoms with Crippen molar-refractivity contribution in [2.75, 3.05) is 5.32 Å². The van der Waals surface area contributed by atoms with Gasteiger partial charge in [-0.05, 0) is 37.5 Å². The third kappa shape index (κ3) is 4.46. The van der Waals surface area contributed by atoms with E-state index in [0.717, 1.165) is 17.7 Å². The van der Waals surface area contributed by atoms with Gasteiger partial charge in [0.2, 0.25) is 0 Å². The molecule has 2 unspecified atom stereocenters. The van der Waals surface area contributed by atoms with Gasteiger partial charge in [0, 0.05) is 22.3 Å². The Morgan fingerprint density at radius 1 is 1.44 bits per heavy atom. The maximum absolute atomic E-state index is 5.96. The van der Waals surface area contributed by atoms with Crippen molar-refractivity contribution >= 4 is 34.5 Å². The molecule has 0 spiro atoms. The predicted molar refractivity (Wildman–Crippen MR) is 84.5 cm³/mol. The number of nitrogens with two attached hydrogens (primary N) is 1. The fourth-order valence-electron chi connectivity index (χ4n) is 1.94. The fourth-order valence-corrected chi connectivity index (χ4v) is 2.28. The van der Waals surface area contributed by atoms with Crippen LogP contribution in [0.4, 0.5) is 5.69 Å². The SMILES string of the molecule is CCC(C)CC(C)Nc1ccc(Cl)cc1C(N)=S. The van der Waals surface area contributed by atoms with E-state index in [2.05, 4.69) is 26.1 Å². The number of halogens is 1. The lowest BCUT2D eigenvalue weighted by molar-refractivity contribution is 0.484. The molecule has 0 aliphatic carbocycles. The van der Waals surface area contributed by atoms with Crippen LogP contribution in [0.2, 0.25) is 5.02 Å². The monoisotopic (exact) mass is 284 g/mol. The minimum atomic E-state index is 0.371. The Kier molecular flexibility index (Phi) is 5.89. The van der Waals surface area contributed by atoms with Crippen molar-refractivity contribution < 1.29 is 0 Å². The maximum atomic E-state index is 5.96. The fraction of sp³-hybridized carbons (Fsp3) is 0.500. The maximum Gasteiger partial charge on any atom is 0.106 e. The van der Waals surface area contributed by atoms with Crippen molar-refractivity contribution in [3.63, 3.8) is 0 Å². The summed E-state index contributed by atoms with van der Waals surface area (Å²) in [5.41, 5.74) is 7.49. The molecular weight excluding hydrogens is 264 g/mol. The average molecular weight is 285 g/mol. The summed E-state index contributed by atoms with van der Waals surface area (Å²) in [5, 5.41) is 4.11. The van der Waals surface area contributed by atoms with Crippen molar-refractivity contribution in [1.82, 2.24) is 0 Å². The highest BCUT2D eigenvalue weighted by Gasteiger charge is 2.11. The first-order valence-electron chi connectivity index (χ1n) is 6.30. The summed E-state index contributed by atoms with van der Waals surface area (Å²) >= 11 is 11.0. The molecule has 0 aromatic heterocycles. The molecule has 1 rings (SSSR count). The predicted octanol–water partition coefficient (Wildman–Crippen LogP) is 4.21. The van der Waals surface area contributed by atoms with E-state index < -0.39 is 0 Å². The second-order valence-electron chi connectivity index (χ2n) is 4.85. The van der Waals surface area contributed by atoms with Gasteiger partial charge in [0.15, 0.2) is 0 Å². The average Bonchev–Trinajstić information content (AvgIpc) is 2.30. The zero-order valence-electron chi connectivity index (χ0n) is 11.2. The number of hydrogen-bond acceptors (Lipinski definition) is 2. The van der Waals surface area contributed by atoms with E-state index >= 15 is 0 Å². The Bertz CT molecular complexity index is 420. The highest BCUT2D eigenvalue weighted by atomic mass is 35.5. The topological polar surface area (TPSA) is 38.0 Å². The van der Waals surface area contributed by atoms with Crippen LogP contribution in [0.15, 0.2) is 18.2 Å². The van der Waals surface area contributed by atoms with Crippen molar-refractivity contribution in [3.8, 4) is 0 Å². The standard InChI is InChI=1S/C14H21ClN2S/c1-4-9(2)7-10(3)17-13-6-5-11(15)8-12(13)14(16)18/h5-6,8-10,17H,4,7H2,1-3H3,(H2,16,18). The largest absolute Gasteiger partial charge is 0.389 e. The first kappa shape index (κ1) is 15.3. The highest BCUT2D eigenvalue weighted by molar-refractivity contribution is 7.80. The minimum Gasteiger partial charge on any atom is -0.389 e. The molecule has 0 bridgehead atoms. The lowest BCUT2D eigenvalue weighted by atomic mass is 10.00. The van der Waals surface area contributed by atoms with Crippen LogP contribution in [0.25, 0.3) is 0 Å². The van der Waals surface area contributed by atoms with Crippen LogP contribution in [0.3, 0.4) is 0 Å².